The Morgan fingerprint density at radius 3 is 2.79 bits per heavy atom. The van der Waals surface area contributed by atoms with Gasteiger partial charge in [0, 0.05) is 4.83 Å². The van der Waals surface area contributed by atoms with Gasteiger partial charge in [-0.2, -0.15) is 0 Å². The molecule has 4 atom stereocenters. The molecular formula is C13H17Br. The van der Waals surface area contributed by atoms with Gasteiger partial charge in [0.1, 0.15) is 0 Å². The SMILES string of the molecule is CCCCC1[C]C2C=CC=CC2C1Br. The summed E-state index contributed by atoms with van der Waals surface area (Å²) in [5.41, 5.74) is 0. The van der Waals surface area contributed by atoms with Crippen molar-refractivity contribution in [3.8, 4) is 0 Å². The Morgan fingerprint density at radius 1 is 1.29 bits per heavy atom. The summed E-state index contributed by atoms with van der Waals surface area (Å²) in [7, 11) is 0. The Kier molecular flexibility index (Phi) is 3.48. The Labute approximate surface area is 95.6 Å². The number of halogens is 1. The zero-order chi connectivity index (χ0) is 9.97. The van der Waals surface area contributed by atoms with Gasteiger partial charge < -0.3 is 0 Å². The zero-order valence-corrected chi connectivity index (χ0v) is 10.2. The highest BCUT2D eigenvalue weighted by Crippen LogP contribution is 2.45. The number of hydrogen-bond acceptors (Lipinski definition) is 0. The molecule has 0 bridgehead atoms. The number of alkyl halides is 1. The van der Waals surface area contributed by atoms with Crippen molar-refractivity contribution in [3.63, 3.8) is 0 Å². The third kappa shape index (κ3) is 1.98. The molecule has 0 heterocycles. The van der Waals surface area contributed by atoms with Crippen LogP contribution < -0.4 is 0 Å². The van der Waals surface area contributed by atoms with Gasteiger partial charge in [-0.25, -0.2) is 0 Å². The lowest BCUT2D eigenvalue weighted by atomic mass is 9.92. The first-order chi connectivity index (χ1) is 6.83. The molecule has 0 saturated heterocycles. The maximum atomic E-state index is 3.83. The highest BCUT2D eigenvalue weighted by atomic mass is 79.9. The normalized spacial score (nSPS) is 40.1. The van der Waals surface area contributed by atoms with Crippen molar-refractivity contribution in [2.45, 2.75) is 31.0 Å². The largest absolute Gasteiger partial charge is 0.0881 e. The standard InChI is InChI=1S/C13H17Br/c1-2-3-6-11-9-10-7-4-5-8-12(10)13(11)14/h4-5,7-8,10-13H,2-3,6H2,1H3. The van der Waals surface area contributed by atoms with Gasteiger partial charge in [-0.05, 0) is 30.6 Å². The summed E-state index contributed by atoms with van der Waals surface area (Å²) in [6.45, 7) is 2.26. The predicted octanol–water partition coefficient (Wildman–Crippen LogP) is 4.01. The Balaban J connectivity index is 1.97. The molecular weight excluding hydrogens is 236 g/mol. The van der Waals surface area contributed by atoms with Crippen LogP contribution in [-0.4, -0.2) is 4.83 Å². The van der Waals surface area contributed by atoms with Crippen LogP contribution in [-0.2, 0) is 0 Å². The van der Waals surface area contributed by atoms with Gasteiger partial charge in [0.05, 0.1) is 0 Å². The van der Waals surface area contributed by atoms with Gasteiger partial charge in [0.25, 0.3) is 0 Å². The van der Waals surface area contributed by atoms with E-state index in [1.54, 1.807) is 0 Å². The molecule has 76 valence electrons. The molecule has 0 spiro atoms. The molecule has 2 aliphatic carbocycles. The second-order valence-electron chi connectivity index (χ2n) is 4.23. The monoisotopic (exact) mass is 252 g/mol. The molecule has 0 nitrogen and oxygen atoms in total. The van der Waals surface area contributed by atoms with Crippen LogP contribution in [0.3, 0.4) is 0 Å². The van der Waals surface area contributed by atoms with Crippen molar-refractivity contribution in [2.24, 2.45) is 17.8 Å². The molecule has 0 N–H and O–H groups in total. The highest BCUT2D eigenvalue weighted by molar-refractivity contribution is 9.09. The molecule has 14 heavy (non-hydrogen) atoms. The van der Waals surface area contributed by atoms with Gasteiger partial charge in [0.15, 0.2) is 0 Å². The summed E-state index contributed by atoms with van der Waals surface area (Å²) < 4.78 is 0. The van der Waals surface area contributed by atoms with E-state index in [9.17, 15) is 0 Å². The number of unbranched alkanes of at least 4 members (excludes halogenated alkanes) is 1. The number of rotatable bonds is 3. The van der Waals surface area contributed by atoms with Crippen LogP contribution in [0.25, 0.3) is 0 Å². The maximum absolute atomic E-state index is 3.83. The summed E-state index contributed by atoms with van der Waals surface area (Å²) >= 11 is 3.83. The quantitative estimate of drug-likeness (QED) is 0.666. The first-order valence-corrected chi connectivity index (χ1v) is 6.49. The van der Waals surface area contributed by atoms with E-state index >= 15 is 0 Å². The molecule has 1 heteroatoms. The fourth-order valence-electron chi connectivity index (χ4n) is 2.37. The second kappa shape index (κ2) is 4.65. The molecule has 2 rings (SSSR count). The minimum atomic E-state index is 0.561. The fraction of sp³-hybridized carbons (Fsp3) is 0.615. The van der Waals surface area contributed by atoms with Crippen molar-refractivity contribution in [1.82, 2.24) is 0 Å². The van der Waals surface area contributed by atoms with Crippen LogP contribution in [0.4, 0.5) is 0 Å². The molecule has 0 aromatic heterocycles. The van der Waals surface area contributed by atoms with E-state index in [1.807, 2.05) is 0 Å². The van der Waals surface area contributed by atoms with E-state index in [4.69, 9.17) is 0 Å². The Morgan fingerprint density at radius 2 is 2.07 bits per heavy atom. The van der Waals surface area contributed by atoms with Crippen molar-refractivity contribution >= 4 is 15.9 Å². The smallest absolute Gasteiger partial charge is 0.0248 e. The lowest BCUT2D eigenvalue weighted by Gasteiger charge is -2.18. The second-order valence-corrected chi connectivity index (χ2v) is 5.29. The van der Waals surface area contributed by atoms with Crippen molar-refractivity contribution < 1.29 is 0 Å². The molecule has 1 saturated carbocycles. The first-order valence-electron chi connectivity index (χ1n) is 5.58. The number of hydrogen-bond donors (Lipinski definition) is 0. The molecule has 0 amide bonds. The molecule has 1 fully saturated rings. The van der Waals surface area contributed by atoms with Crippen LogP contribution in [0.1, 0.15) is 26.2 Å². The highest BCUT2D eigenvalue weighted by Gasteiger charge is 2.39. The summed E-state index contributed by atoms with van der Waals surface area (Å²) in [4.78, 5) is 0.611. The lowest BCUT2D eigenvalue weighted by Crippen LogP contribution is -2.15. The summed E-state index contributed by atoms with van der Waals surface area (Å²) in [6.07, 6.45) is 16.5. The molecule has 0 aromatic rings. The summed E-state index contributed by atoms with van der Waals surface area (Å²) in [5.74, 6) is 1.87. The third-order valence-electron chi connectivity index (χ3n) is 3.20. The minimum absolute atomic E-state index is 0.561. The lowest BCUT2D eigenvalue weighted by molar-refractivity contribution is 0.523. The van der Waals surface area contributed by atoms with E-state index in [0.717, 1.165) is 0 Å². The van der Waals surface area contributed by atoms with Gasteiger partial charge >= 0.3 is 0 Å². The van der Waals surface area contributed by atoms with E-state index in [2.05, 4.69) is 53.6 Å². The molecule has 0 aliphatic heterocycles. The van der Waals surface area contributed by atoms with Gasteiger partial charge in [-0.15, -0.1) is 0 Å². The third-order valence-corrected chi connectivity index (χ3v) is 4.45. The topological polar surface area (TPSA) is 0 Å². The minimum Gasteiger partial charge on any atom is -0.0881 e. The average Bonchev–Trinajstić information content (AvgIpc) is 2.54. The van der Waals surface area contributed by atoms with Crippen molar-refractivity contribution in [2.75, 3.05) is 0 Å². The van der Waals surface area contributed by atoms with Gasteiger partial charge in [0.2, 0.25) is 0 Å². The van der Waals surface area contributed by atoms with E-state index in [0.29, 0.717) is 22.6 Å². The average molecular weight is 253 g/mol. The van der Waals surface area contributed by atoms with Crippen molar-refractivity contribution in [3.05, 3.63) is 30.7 Å². The zero-order valence-electron chi connectivity index (χ0n) is 8.62. The molecule has 2 radical (unpaired) electrons. The van der Waals surface area contributed by atoms with Crippen LogP contribution in [0.2, 0.25) is 0 Å². The van der Waals surface area contributed by atoms with Crippen LogP contribution in [0.5, 0.6) is 0 Å². The van der Waals surface area contributed by atoms with Crippen LogP contribution in [0, 0.1) is 24.2 Å². The maximum Gasteiger partial charge on any atom is 0.0248 e. The molecule has 2 aliphatic rings. The van der Waals surface area contributed by atoms with Crippen LogP contribution in [0.15, 0.2) is 24.3 Å². The van der Waals surface area contributed by atoms with E-state index < -0.39 is 0 Å². The Bertz CT molecular complexity index is 242. The van der Waals surface area contributed by atoms with Gasteiger partial charge in [-0.3, -0.25) is 0 Å². The number of fused-ring (bicyclic) bond motifs is 1. The summed E-state index contributed by atoms with van der Waals surface area (Å²) in [5, 5.41) is 0. The molecule has 0 aromatic carbocycles. The summed E-state index contributed by atoms with van der Waals surface area (Å²) in [6, 6.07) is 0. The van der Waals surface area contributed by atoms with Gasteiger partial charge in [-0.1, -0.05) is 60.0 Å². The predicted molar refractivity (Wildman–Crippen MR) is 64.2 cm³/mol. The van der Waals surface area contributed by atoms with Crippen molar-refractivity contribution in [1.29, 1.82) is 0 Å². The first kappa shape index (κ1) is 10.5. The fourth-order valence-corrected chi connectivity index (χ4v) is 3.29. The van der Waals surface area contributed by atoms with Crippen LogP contribution >= 0.6 is 15.9 Å². The molecule has 4 unspecified atom stereocenters. The van der Waals surface area contributed by atoms with E-state index in [1.165, 1.54) is 19.3 Å². The Hall–Kier alpha value is -0.0400. The number of allylic oxidation sites excluding steroid dienone is 4. The van der Waals surface area contributed by atoms with E-state index in [-0.39, 0.29) is 0 Å².